The molecule has 2 N–H and O–H groups in total. The van der Waals surface area contributed by atoms with Crippen molar-refractivity contribution in [1.29, 1.82) is 0 Å². The molecule has 2 unspecified atom stereocenters. The minimum absolute atomic E-state index is 0.226. The zero-order valence-corrected chi connectivity index (χ0v) is 10.5. The summed E-state index contributed by atoms with van der Waals surface area (Å²) in [7, 11) is 0. The van der Waals surface area contributed by atoms with Gasteiger partial charge in [0.05, 0.1) is 6.10 Å². The first kappa shape index (κ1) is 11.4. The normalized spacial score (nSPS) is 44.6. The Kier molecular flexibility index (Phi) is 2.63. The van der Waals surface area contributed by atoms with Crippen molar-refractivity contribution in [2.45, 2.75) is 59.1 Å². The first-order valence-electron chi connectivity index (χ1n) is 6.29. The number of rotatable bonds is 3. The zero-order valence-electron chi connectivity index (χ0n) is 10.5. The fourth-order valence-corrected chi connectivity index (χ4v) is 3.83. The summed E-state index contributed by atoms with van der Waals surface area (Å²) in [6.45, 7) is 9.87. The summed E-state index contributed by atoms with van der Waals surface area (Å²) in [6, 6.07) is 0.612. The summed E-state index contributed by atoms with van der Waals surface area (Å²) in [5.41, 5.74) is 0.913. The molecule has 0 aromatic heterocycles. The minimum Gasteiger partial charge on any atom is -0.392 e. The molecule has 0 saturated heterocycles. The minimum atomic E-state index is -0.226. The van der Waals surface area contributed by atoms with E-state index in [-0.39, 0.29) is 6.10 Å². The molecule has 88 valence electrons. The molecule has 2 rings (SSSR count). The molecular formula is C13H25NO. The fourth-order valence-electron chi connectivity index (χ4n) is 3.83. The maximum atomic E-state index is 9.33. The summed E-state index contributed by atoms with van der Waals surface area (Å²) in [6.07, 6.45) is 3.82. The van der Waals surface area contributed by atoms with Crippen molar-refractivity contribution in [3.05, 3.63) is 0 Å². The molecule has 2 bridgehead atoms. The molecule has 2 heteroatoms. The van der Waals surface area contributed by atoms with Gasteiger partial charge < -0.3 is 10.4 Å². The highest BCUT2D eigenvalue weighted by atomic mass is 16.3. The van der Waals surface area contributed by atoms with Crippen LogP contribution in [0.25, 0.3) is 0 Å². The molecule has 0 aromatic rings. The Morgan fingerprint density at radius 3 is 2.47 bits per heavy atom. The topological polar surface area (TPSA) is 32.3 Å². The molecule has 0 aliphatic heterocycles. The van der Waals surface area contributed by atoms with E-state index in [9.17, 15) is 5.11 Å². The quantitative estimate of drug-likeness (QED) is 0.750. The molecule has 2 nitrogen and oxygen atoms in total. The van der Waals surface area contributed by atoms with Crippen LogP contribution in [0.2, 0.25) is 0 Å². The second kappa shape index (κ2) is 3.46. The van der Waals surface area contributed by atoms with E-state index in [1.165, 1.54) is 19.3 Å². The Labute approximate surface area is 93.5 Å². The monoisotopic (exact) mass is 211 g/mol. The van der Waals surface area contributed by atoms with Gasteiger partial charge in [-0.2, -0.15) is 0 Å². The van der Waals surface area contributed by atoms with Crippen molar-refractivity contribution in [3.8, 4) is 0 Å². The Morgan fingerprint density at radius 1 is 1.40 bits per heavy atom. The smallest absolute Gasteiger partial charge is 0.0636 e. The Bertz CT molecular complexity index is 249. The second-order valence-corrected chi connectivity index (χ2v) is 6.42. The van der Waals surface area contributed by atoms with Gasteiger partial charge in [-0.25, -0.2) is 0 Å². The third-order valence-electron chi connectivity index (χ3n) is 5.45. The van der Waals surface area contributed by atoms with Crippen LogP contribution in [0, 0.1) is 16.7 Å². The number of fused-ring (bicyclic) bond motifs is 2. The first-order valence-corrected chi connectivity index (χ1v) is 6.29. The molecule has 2 aliphatic rings. The number of aliphatic hydroxyl groups is 1. The lowest BCUT2D eigenvalue weighted by atomic mass is 9.69. The Balaban J connectivity index is 2.06. The summed E-state index contributed by atoms with van der Waals surface area (Å²) in [5, 5.41) is 12.9. The lowest BCUT2D eigenvalue weighted by Gasteiger charge is -2.39. The third kappa shape index (κ3) is 1.53. The van der Waals surface area contributed by atoms with Gasteiger partial charge in [-0.3, -0.25) is 0 Å². The van der Waals surface area contributed by atoms with Gasteiger partial charge >= 0.3 is 0 Å². The van der Waals surface area contributed by atoms with Gasteiger partial charge in [0.25, 0.3) is 0 Å². The molecule has 0 amide bonds. The molecule has 0 spiro atoms. The van der Waals surface area contributed by atoms with E-state index < -0.39 is 0 Å². The summed E-state index contributed by atoms with van der Waals surface area (Å²) in [5.74, 6) is 0.883. The highest BCUT2D eigenvalue weighted by molar-refractivity contribution is 5.12. The highest BCUT2D eigenvalue weighted by Gasteiger charge is 2.60. The van der Waals surface area contributed by atoms with Crippen LogP contribution in [0.4, 0.5) is 0 Å². The summed E-state index contributed by atoms with van der Waals surface area (Å²) >= 11 is 0. The van der Waals surface area contributed by atoms with Crippen LogP contribution in [-0.2, 0) is 0 Å². The van der Waals surface area contributed by atoms with Gasteiger partial charge in [0.15, 0.2) is 0 Å². The van der Waals surface area contributed by atoms with Crippen molar-refractivity contribution < 1.29 is 5.11 Å². The van der Waals surface area contributed by atoms with Crippen LogP contribution in [0.1, 0.15) is 47.0 Å². The summed E-state index contributed by atoms with van der Waals surface area (Å²) in [4.78, 5) is 0. The lowest BCUT2D eigenvalue weighted by Crippen LogP contribution is -2.46. The predicted molar refractivity (Wildman–Crippen MR) is 62.7 cm³/mol. The highest BCUT2D eigenvalue weighted by Crippen LogP contribution is 2.65. The second-order valence-electron chi connectivity index (χ2n) is 6.42. The lowest BCUT2D eigenvalue weighted by molar-refractivity contribution is 0.109. The molecule has 15 heavy (non-hydrogen) atoms. The molecule has 4 atom stereocenters. The van der Waals surface area contributed by atoms with E-state index in [0.29, 0.717) is 16.9 Å². The van der Waals surface area contributed by atoms with Crippen LogP contribution in [0.5, 0.6) is 0 Å². The standard InChI is InChI=1S/C13H25NO/c1-9(15)8-14-11-7-10-5-6-13(11,4)12(10,2)3/h9-11,14-15H,5-8H2,1-4H3/t9?,10-,11?,13+/m0/s1. The predicted octanol–water partition coefficient (Wildman–Crippen LogP) is 2.17. The van der Waals surface area contributed by atoms with E-state index in [4.69, 9.17) is 0 Å². The largest absolute Gasteiger partial charge is 0.392 e. The number of nitrogens with one attached hydrogen (secondary N) is 1. The number of hydrogen-bond donors (Lipinski definition) is 2. The SMILES string of the molecule is CC(O)CNC1C[C@@H]2CC[C@@]1(C)C2(C)C. The van der Waals surface area contributed by atoms with Gasteiger partial charge in [-0.15, -0.1) is 0 Å². The van der Waals surface area contributed by atoms with Gasteiger partial charge in [0, 0.05) is 12.6 Å². The van der Waals surface area contributed by atoms with Gasteiger partial charge in [-0.05, 0) is 42.9 Å². The maximum absolute atomic E-state index is 9.33. The Hall–Kier alpha value is -0.0800. The zero-order chi connectivity index (χ0) is 11.3. The fraction of sp³-hybridized carbons (Fsp3) is 1.00. The third-order valence-corrected chi connectivity index (χ3v) is 5.45. The van der Waals surface area contributed by atoms with Crippen molar-refractivity contribution in [3.63, 3.8) is 0 Å². The Morgan fingerprint density at radius 2 is 2.07 bits per heavy atom. The maximum Gasteiger partial charge on any atom is 0.0636 e. The number of hydrogen-bond acceptors (Lipinski definition) is 2. The van der Waals surface area contributed by atoms with Crippen molar-refractivity contribution in [2.75, 3.05) is 6.54 Å². The molecule has 0 heterocycles. The van der Waals surface area contributed by atoms with E-state index >= 15 is 0 Å². The van der Waals surface area contributed by atoms with Gasteiger partial charge in [0.1, 0.15) is 0 Å². The average Bonchev–Trinajstić information content (AvgIpc) is 2.46. The van der Waals surface area contributed by atoms with E-state index in [1.807, 2.05) is 6.92 Å². The van der Waals surface area contributed by atoms with Gasteiger partial charge in [0.2, 0.25) is 0 Å². The van der Waals surface area contributed by atoms with Gasteiger partial charge in [-0.1, -0.05) is 20.8 Å². The van der Waals surface area contributed by atoms with Crippen molar-refractivity contribution in [2.24, 2.45) is 16.7 Å². The molecular weight excluding hydrogens is 186 g/mol. The molecule has 2 aliphatic carbocycles. The van der Waals surface area contributed by atoms with Crippen molar-refractivity contribution in [1.82, 2.24) is 5.32 Å². The van der Waals surface area contributed by atoms with Crippen LogP contribution in [0.3, 0.4) is 0 Å². The molecule has 0 aromatic carbocycles. The molecule has 2 fully saturated rings. The van der Waals surface area contributed by atoms with E-state index in [2.05, 4.69) is 26.1 Å². The van der Waals surface area contributed by atoms with Crippen molar-refractivity contribution >= 4 is 0 Å². The van der Waals surface area contributed by atoms with E-state index in [0.717, 1.165) is 12.5 Å². The van der Waals surface area contributed by atoms with Crippen LogP contribution in [0.15, 0.2) is 0 Å². The van der Waals surface area contributed by atoms with Crippen LogP contribution in [-0.4, -0.2) is 23.8 Å². The first-order chi connectivity index (χ1) is 6.88. The molecule has 2 saturated carbocycles. The average molecular weight is 211 g/mol. The van der Waals surface area contributed by atoms with E-state index in [1.54, 1.807) is 0 Å². The van der Waals surface area contributed by atoms with Crippen LogP contribution >= 0.6 is 0 Å². The number of aliphatic hydroxyl groups excluding tert-OH is 1. The van der Waals surface area contributed by atoms with Crippen LogP contribution < -0.4 is 5.32 Å². The molecule has 0 radical (unpaired) electrons. The summed E-state index contributed by atoms with van der Waals surface area (Å²) < 4.78 is 0.